The molecule has 0 aliphatic rings. The fourth-order valence-corrected chi connectivity index (χ4v) is 10.2. The van der Waals surface area contributed by atoms with E-state index < -0.39 is 35.4 Å². The van der Waals surface area contributed by atoms with E-state index in [4.69, 9.17) is 10.2 Å². The molecule has 23 heteroatoms. The summed E-state index contributed by atoms with van der Waals surface area (Å²) in [5.41, 5.74) is 7.14. The molecule has 0 atom stereocenters. The van der Waals surface area contributed by atoms with E-state index >= 15 is 0 Å². The summed E-state index contributed by atoms with van der Waals surface area (Å²) in [6.45, 7) is 2.85. The fourth-order valence-electron chi connectivity index (χ4n) is 9.59. The van der Waals surface area contributed by atoms with Gasteiger partial charge in [0.1, 0.15) is 11.5 Å². The number of hydrogen-bond donors (Lipinski definition) is 3. The smallest absolute Gasteiger partial charge is 0.454 e. The third kappa shape index (κ3) is 24.5. The van der Waals surface area contributed by atoms with E-state index in [0.29, 0.717) is 0 Å². The summed E-state index contributed by atoms with van der Waals surface area (Å²) in [6, 6.07) is 78.5. The number of nitrogens with zero attached hydrogens (tertiary/aromatic N) is 6. The van der Waals surface area contributed by atoms with Gasteiger partial charge in [-0.05, 0) is 89.1 Å². The van der Waals surface area contributed by atoms with Crippen LogP contribution in [0, 0.1) is 138 Å². The second-order valence-electron chi connectivity index (χ2n) is 21.1. The molecule has 12 nitrogen and oxygen atoms in total. The SMILES string of the molecule is CC(=O)C=C(C)O.O=C(C=C(O)c1ccccc1)C(F)(F)F.O=C(C=C(O)c1cccs1)C(F)(F)F.[Dy].[Eu].[Ir].[Tb].[c-]1cc2ccccc2cc1-c1nccc2ccccc12.[c-]1cccc2ccc3cccnc3c12.c1cnc2c(c1)ccc1cccnc12.c1cnc2c(c1)ccc1cccnc12. The average Bonchev–Trinajstić information content (AvgIpc) is 1.39. The Morgan fingerprint density at radius 3 is 1.31 bits per heavy atom. The molecule has 0 unspecified atom stereocenters. The van der Waals surface area contributed by atoms with Crippen molar-refractivity contribution in [1.29, 1.82) is 0 Å². The van der Waals surface area contributed by atoms with Gasteiger partial charge in [-0.1, -0.05) is 157 Å². The Morgan fingerprint density at radius 1 is 0.431 bits per heavy atom. The maximum Gasteiger partial charge on any atom is 0.454 e. The van der Waals surface area contributed by atoms with Crippen LogP contribution in [0.15, 0.2) is 291 Å². The molecule has 7 aromatic heterocycles. The third-order valence-corrected chi connectivity index (χ3v) is 14.9. The number of halogens is 6. The van der Waals surface area contributed by atoms with Gasteiger partial charge >= 0.3 is 12.4 Å². The first-order valence-corrected chi connectivity index (χ1v) is 30.7. The number of aliphatic hydroxyl groups excluding tert-OH is 3. The third-order valence-electron chi connectivity index (χ3n) is 14.1. The second kappa shape index (κ2) is 41.7. The minimum atomic E-state index is -4.96. The molecule has 0 aliphatic carbocycles. The topological polar surface area (TPSA) is 189 Å². The van der Waals surface area contributed by atoms with Gasteiger partial charge in [0.05, 0.1) is 32.7 Å². The average molecular weight is 2000 g/mol. The Morgan fingerprint density at radius 2 is 0.853 bits per heavy atom. The van der Waals surface area contributed by atoms with E-state index in [0.717, 1.165) is 77.1 Å². The molecule has 0 amide bonds. The largest absolute Gasteiger partial charge is 0.512 e. The predicted molar refractivity (Wildman–Crippen MR) is 377 cm³/mol. The van der Waals surface area contributed by atoms with Crippen LogP contribution in [-0.4, -0.2) is 74.9 Å². The Hall–Kier alpha value is -7.56. The minimum absolute atomic E-state index is 0. The summed E-state index contributed by atoms with van der Waals surface area (Å²) in [5, 5.41) is 41.0. The minimum Gasteiger partial charge on any atom is -0.512 e. The first-order chi connectivity index (χ1) is 47.2. The summed E-state index contributed by atoms with van der Waals surface area (Å²) in [7, 11) is 0. The number of carbonyl (C=O) groups excluding carboxylic acids is 3. The number of allylic oxidation sites excluding steroid dienone is 4. The monoisotopic (exact) mass is 2000 g/mol. The quantitative estimate of drug-likeness (QED) is 0.0470. The molecule has 0 fully saturated rings. The van der Waals surface area contributed by atoms with E-state index in [9.17, 15) is 45.8 Å². The van der Waals surface area contributed by atoms with Crippen molar-refractivity contribution in [3.63, 3.8) is 0 Å². The number of carbonyl (C=O) groups is 3. The van der Waals surface area contributed by atoms with Crippen molar-refractivity contribution in [1.82, 2.24) is 29.9 Å². The van der Waals surface area contributed by atoms with Gasteiger partial charge in [-0.3, -0.25) is 34.3 Å². The first kappa shape index (κ1) is 85.1. The molecule has 7 heterocycles. The number of pyridine rings is 6. The Bertz CT molecular complexity index is 4950. The molecule has 0 saturated heterocycles. The van der Waals surface area contributed by atoms with Crippen molar-refractivity contribution in [3.8, 4) is 11.3 Å². The molecule has 0 spiro atoms. The van der Waals surface area contributed by atoms with Gasteiger partial charge in [-0.2, -0.15) is 26.3 Å². The van der Waals surface area contributed by atoms with Crippen molar-refractivity contribution in [2.24, 2.45) is 0 Å². The van der Waals surface area contributed by atoms with Crippen LogP contribution in [0.2, 0.25) is 0 Å². The van der Waals surface area contributed by atoms with Gasteiger partial charge in [0.25, 0.3) is 11.6 Å². The van der Waals surface area contributed by atoms with Gasteiger partial charge < -0.3 is 25.3 Å². The Balaban J connectivity index is 0.000000216. The van der Waals surface area contributed by atoms with E-state index in [-0.39, 0.29) is 180 Å². The summed E-state index contributed by atoms with van der Waals surface area (Å²) in [5.74, 6) is -5.57. The molecular weight excluding hydrogens is 1940 g/mol. The number of rotatable bonds is 6. The Labute approximate surface area is 701 Å². The van der Waals surface area contributed by atoms with Crippen LogP contribution in [0.3, 0.4) is 0 Å². The Kier molecular flexibility index (Phi) is 34.8. The zero-order valence-corrected chi connectivity index (χ0v) is 63.2. The number of aromatic nitrogens is 6. The molecule has 0 saturated carbocycles. The summed E-state index contributed by atoms with van der Waals surface area (Å²) < 4.78 is 70.7. The molecule has 15 aromatic rings. The van der Waals surface area contributed by atoms with Gasteiger partial charge in [0, 0.05) is 229 Å². The first-order valence-electron chi connectivity index (χ1n) is 29.8. The number of aliphatic hydroxyl groups is 3. The van der Waals surface area contributed by atoms with Crippen molar-refractivity contribution >= 4 is 127 Å². The van der Waals surface area contributed by atoms with Gasteiger partial charge in [-0.25, -0.2) is 0 Å². The number of fused-ring (bicyclic) bond motifs is 11. The van der Waals surface area contributed by atoms with Crippen molar-refractivity contribution < 1.29 is 202 Å². The van der Waals surface area contributed by atoms with E-state index in [1.807, 2.05) is 73.1 Å². The summed E-state index contributed by atoms with van der Waals surface area (Å²) in [4.78, 5) is 57.5. The number of ketones is 3. The normalized spacial score (nSPS) is 11.0. The molecule has 102 heavy (non-hydrogen) atoms. The van der Waals surface area contributed by atoms with E-state index in [1.165, 1.54) is 82.6 Å². The van der Waals surface area contributed by atoms with E-state index in [2.05, 4.69) is 163 Å². The van der Waals surface area contributed by atoms with Crippen molar-refractivity contribution in [3.05, 3.63) is 314 Å². The van der Waals surface area contributed by atoms with Crippen LogP contribution >= 0.6 is 11.3 Å². The van der Waals surface area contributed by atoms with Gasteiger partial charge in [0.15, 0.2) is 5.78 Å². The molecule has 15 rings (SSSR count). The van der Waals surface area contributed by atoms with Crippen LogP contribution in [0.1, 0.15) is 24.3 Å². The number of hydrogen-bond acceptors (Lipinski definition) is 13. The molecule has 523 valence electrons. The molecule has 3 N–H and O–H groups in total. The molecular formula is C79H56DyEuF6IrN6O6STb-2. The van der Waals surface area contributed by atoms with Crippen LogP contribution in [0.4, 0.5) is 26.3 Å². The maximum atomic E-state index is 11.8. The maximum absolute atomic E-state index is 11.8. The number of thiophene rings is 1. The standard InChI is InChI=1S/C19H12N.C13H8N.2C12H8N2.C10H7F3O2.C8H5F3O2S.C5H8O2.Dy.Eu.Ir.Tb/c1-2-7-16-13-17(10-9-14(16)5-1)19-18-8-4-3-6-15(18)11-12-20-19;1-2-6-12-10(4-1)7-8-11-5-3-9-14-13(11)12;2*1-3-9-5-6-10-4-2-8-14-12(10)11(9)13-7-1;11-10(12,13)9(15)6-8(14)7-4-2-1-3-5-7;9-8(10,11)7(13)4-5(12)6-2-1-3-14-6;1-4(6)3-5(2)7;;;;/h1-9,11-13H;1-5,7-9H;2*1-8H;1-6,14H;1-4,12H;3,6H,1-2H3;;;;/q2*-1;;;;;;;;;. The molecule has 0 aliphatic heterocycles. The number of alkyl halides is 6. The number of benzene rings is 8. The van der Waals surface area contributed by atoms with Gasteiger partial charge in [-0.15, -0.1) is 75.5 Å². The predicted octanol–water partition coefficient (Wildman–Crippen LogP) is 20.1. The van der Waals surface area contributed by atoms with Crippen LogP contribution in [0.25, 0.3) is 110 Å². The molecule has 8 aromatic carbocycles. The van der Waals surface area contributed by atoms with Crippen LogP contribution < -0.4 is 0 Å². The van der Waals surface area contributed by atoms with Crippen molar-refractivity contribution in [2.45, 2.75) is 26.2 Å². The fraction of sp³-hybridized carbons (Fsp3) is 0.0506. The van der Waals surface area contributed by atoms with Gasteiger partial charge in [0.2, 0.25) is 0 Å². The summed E-state index contributed by atoms with van der Waals surface area (Å²) >= 11 is 1.05. The zero-order valence-electron chi connectivity index (χ0n) is 53.4. The summed E-state index contributed by atoms with van der Waals surface area (Å²) in [6.07, 6.45) is 2.50. The second-order valence-corrected chi connectivity index (χ2v) is 22.0. The zero-order chi connectivity index (χ0) is 69.6. The molecule has 3 radical (unpaired) electrons. The van der Waals surface area contributed by atoms with Crippen molar-refractivity contribution in [2.75, 3.05) is 0 Å². The molecule has 0 bridgehead atoms. The van der Waals surface area contributed by atoms with Crippen LogP contribution in [-0.2, 0) is 34.5 Å². The van der Waals surface area contributed by atoms with E-state index in [1.54, 1.807) is 42.3 Å². The van der Waals surface area contributed by atoms with Crippen LogP contribution in [0.5, 0.6) is 0 Å².